The van der Waals surface area contributed by atoms with Gasteiger partial charge >= 0.3 is 5.97 Å². The Labute approximate surface area is 197 Å². The molecular weight excluding hydrogens is 432 g/mol. The lowest BCUT2D eigenvalue weighted by atomic mass is 9.96. The van der Waals surface area contributed by atoms with Crippen molar-refractivity contribution in [1.82, 2.24) is 4.98 Å². The van der Waals surface area contributed by atoms with Gasteiger partial charge in [0, 0.05) is 23.6 Å². The van der Waals surface area contributed by atoms with Gasteiger partial charge in [-0.3, -0.25) is 24.3 Å². The van der Waals surface area contributed by atoms with Crippen molar-refractivity contribution in [2.45, 2.75) is 26.3 Å². The summed E-state index contributed by atoms with van der Waals surface area (Å²) in [4.78, 5) is 43.6. The number of nitrogens with zero attached hydrogens (tertiary/aromatic N) is 2. The molecule has 1 amide bonds. The molecule has 1 fully saturated rings. The van der Waals surface area contributed by atoms with Crippen LogP contribution in [0.3, 0.4) is 0 Å². The van der Waals surface area contributed by atoms with Crippen molar-refractivity contribution in [1.29, 1.82) is 0 Å². The molecule has 3 aromatic rings. The van der Waals surface area contributed by atoms with E-state index in [2.05, 4.69) is 4.98 Å². The summed E-state index contributed by atoms with van der Waals surface area (Å²) in [6.45, 7) is 3.96. The van der Waals surface area contributed by atoms with E-state index < -0.39 is 17.7 Å². The maximum absolute atomic E-state index is 13.2. The molecule has 0 aliphatic carbocycles. The van der Waals surface area contributed by atoms with E-state index in [0.717, 1.165) is 11.1 Å². The molecule has 1 unspecified atom stereocenters. The Morgan fingerprint density at radius 3 is 2.38 bits per heavy atom. The van der Waals surface area contributed by atoms with Crippen LogP contribution in [0.2, 0.25) is 0 Å². The number of anilines is 1. The number of aromatic nitrogens is 1. The average Bonchev–Trinajstić information content (AvgIpc) is 3.11. The Morgan fingerprint density at radius 2 is 1.76 bits per heavy atom. The van der Waals surface area contributed by atoms with Crippen LogP contribution in [-0.2, 0) is 25.5 Å². The number of aliphatic hydroxyl groups is 1. The number of carbonyl (C=O) groups is 3. The summed E-state index contributed by atoms with van der Waals surface area (Å²) < 4.78 is 4.98. The summed E-state index contributed by atoms with van der Waals surface area (Å²) in [5.41, 5.74) is 3.22. The highest BCUT2D eigenvalue weighted by molar-refractivity contribution is 6.51. The van der Waals surface area contributed by atoms with E-state index in [0.29, 0.717) is 23.4 Å². The van der Waals surface area contributed by atoms with Crippen molar-refractivity contribution in [3.8, 4) is 0 Å². The van der Waals surface area contributed by atoms with Gasteiger partial charge in [-0.2, -0.15) is 0 Å². The molecule has 1 aliphatic rings. The van der Waals surface area contributed by atoms with Crippen molar-refractivity contribution in [3.05, 3.63) is 101 Å². The number of hydrogen-bond donors (Lipinski definition) is 1. The monoisotopic (exact) mass is 456 g/mol. The molecule has 34 heavy (non-hydrogen) atoms. The Hall–Kier alpha value is -4.26. The van der Waals surface area contributed by atoms with Crippen LogP contribution in [0.25, 0.3) is 5.76 Å². The van der Waals surface area contributed by atoms with E-state index in [4.69, 9.17) is 4.74 Å². The summed E-state index contributed by atoms with van der Waals surface area (Å²) >= 11 is 0. The maximum atomic E-state index is 13.2. The molecule has 1 aromatic heterocycles. The van der Waals surface area contributed by atoms with Gasteiger partial charge < -0.3 is 9.84 Å². The first kappa shape index (κ1) is 22.9. The molecule has 172 valence electrons. The number of ketones is 1. The zero-order valence-corrected chi connectivity index (χ0v) is 18.9. The van der Waals surface area contributed by atoms with Gasteiger partial charge in [-0.05, 0) is 43.2 Å². The number of esters is 1. The maximum Gasteiger partial charge on any atom is 0.310 e. The van der Waals surface area contributed by atoms with Crippen LogP contribution in [0.5, 0.6) is 0 Å². The summed E-state index contributed by atoms with van der Waals surface area (Å²) in [6, 6.07) is 16.5. The molecule has 1 N–H and O–H groups in total. The molecule has 0 bridgehead atoms. The van der Waals surface area contributed by atoms with Gasteiger partial charge in [0.05, 0.1) is 24.6 Å². The first-order valence-corrected chi connectivity index (χ1v) is 10.9. The second kappa shape index (κ2) is 9.70. The lowest BCUT2D eigenvalue weighted by Gasteiger charge is -2.25. The Morgan fingerprint density at radius 1 is 1.06 bits per heavy atom. The van der Waals surface area contributed by atoms with Gasteiger partial charge in [-0.25, -0.2) is 0 Å². The molecule has 2 aromatic carbocycles. The normalized spacial score (nSPS) is 17.1. The SMILES string of the molecule is CCOC(=O)Cc1ccc(N2C(=O)C(=O)/C(=C(\O)c3ccc(C)cc3)C2c2cccnc2)cc1. The highest BCUT2D eigenvalue weighted by Gasteiger charge is 2.47. The lowest BCUT2D eigenvalue weighted by molar-refractivity contribution is -0.142. The third-order valence-electron chi connectivity index (χ3n) is 5.64. The summed E-state index contributed by atoms with van der Waals surface area (Å²) in [5, 5.41) is 11.1. The van der Waals surface area contributed by atoms with Crippen molar-refractivity contribution in [2.75, 3.05) is 11.5 Å². The van der Waals surface area contributed by atoms with E-state index in [1.807, 2.05) is 19.1 Å². The van der Waals surface area contributed by atoms with Crippen molar-refractivity contribution < 1.29 is 24.2 Å². The Bertz CT molecular complexity index is 1250. The van der Waals surface area contributed by atoms with Crippen LogP contribution in [0.4, 0.5) is 5.69 Å². The molecule has 0 saturated carbocycles. The molecule has 7 nitrogen and oxygen atoms in total. The summed E-state index contributed by atoms with van der Waals surface area (Å²) in [5.74, 6) is -2.11. The number of hydrogen-bond acceptors (Lipinski definition) is 6. The van der Waals surface area contributed by atoms with Crippen LogP contribution in [-0.4, -0.2) is 34.4 Å². The summed E-state index contributed by atoms with van der Waals surface area (Å²) in [6.07, 6.45) is 3.27. The van der Waals surface area contributed by atoms with Gasteiger partial charge in [0.25, 0.3) is 11.7 Å². The molecule has 1 atom stereocenters. The van der Waals surface area contributed by atoms with E-state index in [1.54, 1.807) is 67.8 Å². The smallest absolute Gasteiger partial charge is 0.310 e. The van der Waals surface area contributed by atoms with Crippen LogP contribution in [0.1, 0.15) is 35.2 Å². The highest BCUT2D eigenvalue weighted by Crippen LogP contribution is 2.41. The third kappa shape index (κ3) is 4.45. The number of aryl methyl sites for hydroxylation is 1. The largest absolute Gasteiger partial charge is 0.507 e. The van der Waals surface area contributed by atoms with E-state index >= 15 is 0 Å². The Balaban J connectivity index is 1.78. The standard InChI is InChI=1S/C27H24N2O5/c1-3-34-22(30)15-18-8-12-21(13-9-18)29-24(20-5-4-14-28-16-20)23(26(32)27(29)33)25(31)19-10-6-17(2)7-11-19/h4-14,16,24,31H,3,15H2,1-2H3/b25-23-. The number of benzene rings is 2. The minimum Gasteiger partial charge on any atom is -0.507 e. The quantitative estimate of drug-likeness (QED) is 0.259. The highest BCUT2D eigenvalue weighted by atomic mass is 16.5. The fraction of sp³-hybridized carbons (Fsp3) is 0.185. The van der Waals surface area contributed by atoms with E-state index in [-0.39, 0.29) is 23.7 Å². The fourth-order valence-electron chi connectivity index (χ4n) is 3.97. The minimum atomic E-state index is -0.856. The molecule has 0 radical (unpaired) electrons. The predicted octanol–water partition coefficient (Wildman–Crippen LogP) is 4.12. The molecular formula is C27H24N2O5. The van der Waals surface area contributed by atoms with Gasteiger partial charge in [0.15, 0.2) is 0 Å². The number of rotatable bonds is 6. The van der Waals surface area contributed by atoms with Gasteiger partial charge in [-0.15, -0.1) is 0 Å². The zero-order chi connectivity index (χ0) is 24.2. The average molecular weight is 456 g/mol. The topological polar surface area (TPSA) is 96.8 Å². The van der Waals surface area contributed by atoms with Crippen LogP contribution >= 0.6 is 0 Å². The second-order valence-corrected chi connectivity index (χ2v) is 7.97. The molecule has 0 spiro atoms. The fourth-order valence-corrected chi connectivity index (χ4v) is 3.97. The van der Waals surface area contributed by atoms with Gasteiger partial charge in [0.1, 0.15) is 5.76 Å². The second-order valence-electron chi connectivity index (χ2n) is 7.97. The van der Waals surface area contributed by atoms with E-state index in [1.165, 1.54) is 4.90 Å². The Kier molecular flexibility index (Phi) is 6.54. The zero-order valence-electron chi connectivity index (χ0n) is 18.9. The molecule has 1 saturated heterocycles. The number of amides is 1. The lowest BCUT2D eigenvalue weighted by Crippen LogP contribution is -2.29. The van der Waals surface area contributed by atoms with Crippen LogP contribution < -0.4 is 4.90 Å². The van der Waals surface area contributed by atoms with Crippen LogP contribution in [0, 0.1) is 6.92 Å². The minimum absolute atomic E-state index is 0.00236. The number of aliphatic hydroxyl groups excluding tert-OH is 1. The van der Waals surface area contributed by atoms with Gasteiger partial charge in [-0.1, -0.05) is 48.0 Å². The number of pyridine rings is 1. The van der Waals surface area contributed by atoms with Crippen molar-refractivity contribution in [2.24, 2.45) is 0 Å². The van der Waals surface area contributed by atoms with E-state index in [9.17, 15) is 19.5 Å². The first-order chi connectivity index (χ1) is 16.4. The summed E-state index contributed by atoms with van der Waals surface area (Å²) in [7, 11) is 0. The predicted molar refractivity (Wildman–Crippen MR) is 127 cm³/mol. The van der Waals surface area contributed by atoms with Gasteiger partial charge in [0.2, 0.25) is 0 Å². The number of Topliss-reactive ketones (excluding diaryl/α,β-unsaturated/α-hetero) is 1. The molecule has 1 aliphatic heterocycles. The van der Waals surface area contributed by atoms with Crippen molar-refractivity contribution in [3.63, 3.8) is 0 Å². The number of carbonyl (C=O) groups excluding carboxylic acids is 3. The molecule has 2 heterocycles. The van der Waals surface area contributed by atoms with Crippen molar-refractivity contribution >= 4 is 29.1 Å². The number of ether oxygens (including phenoxy) is 1. The molecule has 7 heteroatoms. The van der Waals surface area contributed by atoms with Crippen LogP contribution in [0.15, 0.2) is 78.6 Å². The first-order valence-electron chi connectivity index (χ1n) is 10.9. The molecule has 4 rings (SSSR count). The third-order valence-corrected chi connectivity index (χ3v) is 5.64.